The smallest absolute Gasteiger partial charge is 0.409 e. The minimum absolute atomic E-state index is 0.168. The number of rotatable bonds is 0. The molecule has 1 N–H and O–H groups in total. The van der Waals surface area contributed by atoms with E-state index < -0.39 is 0 Å². The molecule has 12 heavy (non-hydrogen) atoms. The molecular weight excluding hydrogens is 156 g/mol. The zero-order valence-electron chi connectivity index (χ0n) is 7.25. The van der Waals surface area contributed by atoms with Gasteiger partial charge in [0.25, 0.3) is 0 Å². The lowest BCUT2D eigenvalue weighted by Crippen LogP contribution is -2.55. The molecule has 68 valence electrons. The predicted molar refractivity (Wildman–Crippen MR) is 43.9 cm³/mol. The van der Waals surface area contributed by atoms with Gasteiger partial charge in [-0.3, -0.25) is 0 Å². The van der Waals surface area contributed by atoms with Gasteiger partial charge in [0.05, 0.1) is 6.61 Å². The molecule has 2 unspecified atom stereocenters. The third-order valence-corrected chi connectivity index (χ3v) is 2.77. The number of cyclic esters (lactones) is 1. The molecule has 2 aliphatic heterocycles. The van der Waals surface area contributed by atoms with Gasteiger partial charge >= 0.3 is 6.09 Å². The summed E-state index contributed by atoms with van der Waals surface area (Å²) >= 11 is 0. The summed E-state index contributed by atoms with van der Waals surface area (Å²) in [5, 5.41) is 3.30. The number of carbonyl (C=O) groups is 1. The van der Waals surface area contributed by atoms with Crippen LogP contribution in [0.4, 0.5) is 4.79 Å². The Labute approximate surface area is 71.9 Å². The van der Waals surface area contributed by atoms with Crippen molar-refractivity contribution in [2.45, 2.75) is 12.5 Å². The molecule has 4 nitrogen and oxygen atoms in total. The summed E-state index contributed by atoms with van der Waals surface area (Å²) < 4.78 is 5.01. The minimum atomic E-state index is -0.168. The Morgan fingerprint density at radius 3 is 3.33 bits per heavy atom. The highest BCUT2D eigenvalue weighted by Gasteiger charge is 2.36. The van der Waals surface area contributed by atoms with E-state index in [1.165, 1.54) is 0 Å². The van der Waals surface area contributed by atoms with Gasteiger partial charge in [-0.15, -0.1) is 0 Å². The van der Waals surface area contributed by atoms with Crippen molar-refractivity contribution >= 4 is 6.09 Å². The Morgan fingerprint density at radius 2 is 2.50 bits per heavy atom. The highest BCUT2D eigenvalue weighted by Crippen LogP contribution is 2.22. The number of carbonyl (C=O) groups excluding carboxylic acids is 1. The molecule has 4 heteroatoms. The molecule has 2 fully saturated rings. The van der Waals surface area contributed by atoms with Crippen molar-refractivity contribution in [1.82, 2.24) is 10.2 Å². The van der Waals surface area contributed by atoms with Crippen LogP contribution < -0.4 is 5.32 Å². The first kappa shape index (κ1) is 7.86. The first-order valence-corrected chi connectivity index (χ1v) is 4.39. The summed E-state index contributed by atoms with van der Waals surface area (Å²) in [7, 11) is 1.82. The Balaban J connectivity index is 2.08. The maximum Gasteiger partial charge on any atom is 0.409 e. The number of ether oxygens (including phenoxy) is 1. The fourth-order valence-electron chi connectivity index (χ4n) is 2.00. The molecule has 0 aromatic carbocycles. The minimum Gasteiger partial charge on any atom is -0.449 e. The largest absolute Gasteiger partial charge is 0.449 e. The number of nitrogens with zero attached hydrogens (tertiary/aromatic N) is 1. The lowest BCUT2D eigenvalue weighted by Gasteiger charge is -2.41. The molecule has 0 radical (unpaired) electrons. The van der Waals surface area contributed by atoms with E-state index in [0.29, 0.717) is 18.6 Å². The quantitative estimate of drug-likeness (QED) is 0.558. The van der Waals surface area contributed by atoms with Gasteiger partial charge in [-0.2, -0.15) is 0 Å². The molecule has 0 aliphatic carbocycles. The van der Waals surface area contributed by atoms with Crippen LogP contribution in [0.1, 0.15) is 6.42 Å². The fraction of sp³-hybridized carbons (Fsp3) is 0.875. The number of fused-ring (bicyclic) bond motifs is 1. The maximum absolute atomic E-state index is 11.1. The van der Waals surface area contributed by atoms with Crippen LogP contribution in [0, 0.1) is 5.92 Å². The molecular formula is C8H14N2O2. The van der Waals surface area contributed by atoms with Crippen LogP contribution in [0.3, 0.4) is 0 Å². The van der Waals surface area contributed by atoms with E-state index in [1.807, 2.05) is 7.05 Å². The molecule has 0 spiro atoms. The SMILES string of the molecule is CN1C(=O)OCC2CNCCC21. The maximum atomic E-state index is 11.1. The summed E-state index contributed by atoms with van der Waals surface area (Å²) in [6, 6.07) is 0.396. The van der Waals surface area contributed by atoms with Crippen LogP contribution in [0.2, 0.25) is 0 Å². The van der Waals surface area contributed by atoms with Gasteiger partial charge in [-0.25, -0.2) is 4.79 Å². The van der Waals surface area contributed by atoms with E-state index in [0.717, 1.165) is 19.5 Å². The predicted octanol–water partition coefficient (Wildman–Crippen LogP) is 0.0465. The van der Waals surface area contributed by atoms with Crippen molar-refractivity contribution in [3.63, 3.8) is 0 Å². The monoisotopic (exact) mass is 170 g/mol. The van der Waals surface area contributed by atoms with Gasteiger partial charge in [0.15, 0.2) is 0 Å². The molecule has 0 aromatic rings. The summed E-state index contributed by atoms with van der Waals surface area (Å²) in [4.78, 5) is 12.9. The number of hydrogen-bond acceptors (Lipinski definition) is 3. The summed E-state index contributed by atoms with van der Waals surface area (Å²) in [5.41, 5.74) is 0. The van der Waals surface area contributed by atoms with E-state index in [4.69, 9.17) is 4.74 Å². The molecule has 1 amide bonds. The topological polar surface area (TPSA) is 41.6 Å². The van der Waals surface area contributed by atoms with Crippen molar-refractivity contribution in [2.24, 2.45) is 5.92 Å². The number of nitrogens with one attached hydrogen (secondary N) is 1. The lowest BCUT2D eigenvalue weighted by molar-refractivity contribution is 0.00786. The van der Waals surface area contributed by atoms with Gasteiger partial charge < -0.3 is 15.0 Å². The zero-order chi connectivity index (χ0) is 8.55. The van der Waals surface area contributed by atoms with E-state index in [2.05, 4.69) is 5.32 Å². The molecule has 0 aromatic heterocycles. The van der Waals surface area contributed by atoms with Crippen LogP contribution in [0.15, 0.2) is 0 Å². The number of hydrogen-bond donors (Lipinski definition) is 1. The Bertz CT molecular complexity index is 195. The van der Waals surface area contributed by atoms with Gasteiger partial charge in [-0.1, -0.05) is 0 Å². The molecule has 2 saturated heterocycles. The first-order chi connectivity index (χ1) is 5.79. The fourth-order valence-corrected chi connectivity index (χ4v) is 2.00. The summed E-state index contributed by atoms with van der Waals surface area (Å²) in [6.07, 6.45) is 0.883. The van der Waals surface area contributed by atoms with E-state index in [9.17, 15) is 4.79 Å². The third-order valence-electron chi connectivity index (χ3n) is 2.77. The average Bonchev–Trinajstić information content (AvgIpc) is 2.12. The zero-order valence-corrected chi connectivity index (χ0v) is 7.25. The van der Waals surface area contributed by atoms with Crippen molar-refractivity contribution < 1.29 is 9.53 Å². The van der Waals surface area contributed by atoms with Crippen LogP contribution in [0.25, 0.3) is 0 Å². The Morgan fingerprint density at radius 1 is 1.67 bits per heavy atom. The first-order valence-electron chi connectivity index (χ1n) is 4.39. The van der Waals surface area contributed by atoms with Crippen LogP contribution >= 0.6 is 0 Å². The van der Waals surface area contributed by atoms with E-state index >= 15 is 0 Å². The molecule has 2 atom stereocenters. The number of amides is 1. The summed E-state index contributed by atoms with van der Waals surface area (Å²) in [6.45, 7) is 2.57. The second-order valence-electron chi connectivity index (χ2n) is 3.51. The van der Waals surface area contributed by atoms with Crippen molar-refractivity contribution in [1.29, 1.82) is 0 Å². The standard InChI is InChI=1S/C8H14N2O2/c1-10-7-2-3-9-4-6(7)5-12-8(10)11/h6-7,9H,2-5H2,1H3. The van der Waals surface area contributed by atoms with Gasteiger partial charge in [0.1, 0.15) is 0 Å². The lowest BCUT2D eigenvalue weighted by atomic mass is 9.92. The van der Waals surface area contributed by atoms with Crippen LogP contribution in [-0.4, -0.2) is 43.8 Å². The summed E-state index contributed by atoms with van der Waals surface area (Å²) in [5.74, 6) is 0.487. The highest BCUT2D eigenvalue weighted by atomic mass is 16.6. The van der Waals surface area contributed by atoms with E-state index in [1.54, 1.807) is 4.90 Å². The van der Waals surface area contributed by atoms with Gasteiger partial charge in [-0.05, 0) is 13.0 Å². The molecule has 2 rings (SSSR count). The average molecular weight is 170 g/mol. The Hall–Kier alpha value is -0.770. The van der Waals surface area contributed by atoms with Gasteiger partial charge in [0.2, 0.25) is 0 Å². The van der Waals surface area contributed by atoms with Crippen molar-refractivity contribution in [2.75, 3.05) is 26.7 Å². The normalized spacial score (nSPS) is 35.8. The van der Waals surface area contributed by atoms with E-state index in [-0.39, 0.29) is 6.09 Å². The molecule has 0 bridgehead atoms. The van der Waals surface area contributed by atoms with Gasteiger partial charge in [0, 0.05) is 25.6 Å². The molecule has 0 saturated carbocycles. The highest BCUT2D eigenvalue weighted by molar-refractivity contribution is 5.68. The molecule has 2 aliphatic rings. The van der Waals surface area contributed by atoms with Crippen molar-refractivity contribution in [3.8, 4) is 0 Å². The van der Waals surface area contributed by atoms with Crippen LogP contribution in [0.5, 0.6) is 0 Å². The van der Waals surface area contributed by atoms with Crippen molar-refractivity contribution in [3.05, 3.63) is 0 Å². The molecule has 2 heterocycles. The number of piperidine rings is 1. The third kappa shape index (κ3) is 1.16. The Kier molecular flexibility index (Phi) is 1.92. The van der Waals surface area contributed by atoms with Crippen LogP contribution in [-0.2, 0) is 4.74 Å². The second kappa shape index (κ2) is 2.94. The second-order valence-corrected chi connectivity index (χ2v) is 3.51.